The largest absolute Gasteiger partial charge is 0.444 e. The maximum Gasteiger partial charge on any atom is 0.410 e. The molecular weight excluding hydrogens is 410 g/mol. The summed E-state index contributed by atoms with van der Waals surface area (Å²) in [6.07, 6.45) is 1.90. The van der Waals surface area contributed by atoms with Gasteiger partial charge in [-0.25, -0.2) is 4.79 Å². The van der Waals surface area contributed by atoms with E-state index in [1.807, 2.05) is 38.6 Å². The molecule has 2 aliphatic heterocycles. The Morgan fingerprint density at radius 2 is 1.81 bits per heavy atom. The van der Waals surface area contributed by atoms with Crippen LogP contribution in [0.5, 0.6) is 0 Å². The predicted octanol–water partition coefficient (Wildman–Crippen LogP) is 4.52. The Bertz CT molecular complexity index is 764. The van der Waals surface area contributed by atoms with E-state index in [9.17, 15) is 9.59 Å². The Kier molecular flexibility index (Phi) is 8.28. The summed E-state index contributed by atoms with van der Waals surface area (Å²) in [6.45, 7) is 12.3. The summed E-state index contributed by atoms with van der Waals surface area (Å²) in [5.74, 6) is 2.78. The Morgan fingerprint density at radius 1 is 1.13 bits per heavy atom. The van der Waals surface area contributed by atoms with Gasteiger partial charge in [-0.3, -0.25) is 9.69 Å². The van der Waals surface area contributed by atoms with Crippen LogP contribution in [-0.2, 0) is 16.1 Å². The average Bonchev–Trinajstić information content (AvgIpc) is 2.70. The lowest BCUT2D eigenvalue weighted by atomic mass is 9.93. The van der Waals surface area contributed by atoms with E-state index < -0.39 is 5.60 Å². The van der Waals surface area contributed by atoms with Gasteiger partial charge in [0.1, 0.15) is 5.60 Å². The number of nitrogens with one attached hydrogen (secondary N) is 1. The monoisotopic (exact) mass is 447 g/mol. The van der Waals surface area contributed by atoms with E-state index in [4.69, 9.17) is 4.74 Å². The van der Waals surface area contributed by atoms with Crippen molar-refractivity contribution >= 4 is 29.4 Å². The number of likely N-dealkylation sites (tertiary alicyclic amines) is 1. The van der Waals surface area contributed by atoms with Gasteiger partial charge in [0.25, 0.3) is 0 Å². The molecule has 2 fully saturated rings. The summed E-state index contributed by atoms with van der Waals surface area (Å²) in [7, 11) is 0. The fraction of sp³-hybridized carbons (Fsp3) is 0.667. The molecule has 2 aliphatic rings. The fourth-order valence-electron chi connectivity index (χ4n) is 4.09. The van der Waals surface area contributed by atoms with E-state index in [2.05, 4.69) is 29.3 Å². The lowest BCUT2D eigenvalue weighted by Gasteiger charge is -2.33. The van der Waals surface area contributed by atoms with E-state index in [0.717, 1.165) is 43.7 Å². The quantitative estimate of drug-likeness (QED) is 0.719. The van der Waals surface area contributed by atoms with Crippen molar-refractivity contribution in [3.05, 3.63) is 29.3 Å². The molecule has 31 heavy (non-hydrogen) atoms. The van der Waals surface area contributed by atoms with Crippen LogP contribution in [0, 0.1) is 12.8 Å². The third-order valence-electron chi connectivity index (χ3n) is 5.82. The molecule has 3 rings (SSSR count). The van der Waals surface area contributed by atoms with Crippen LogP contribution in [0.1, 0.15) is 51.2 Å². The average molecular weight is 448 g/mol. The second-order valence-electron chi connectivity index (χ2n) is 9.70. The number of carbonyl (C=O) groups is 2. The molecule has 1 N–H and O–H groups in total. The second-order valence-corrected chi connectivity index (χ2v) is 10.9. The maximum absolute atomic E-state index is 12.6. The standard InChI is InChI=1S/C24H37N3O3S/c1-18-15-20(17-26-11-13-31-14-12-26)5-6-21(18)25-22(28)16-19-7-9-27(10-8-19)23(29)30-24(2,3)4/h5-6,15,19H,7-14,16-17H2,1-4H3,(H,25,28). The zero-order valence-electron chi connectivity index (χ0n) is 19.4. The highest BCUT2D eigenvalue weighted by molar-refractivity contribution is 7.99. The molecule has 2 saturated heterocycles. The maximum atomic E-state index is 12.6. The normalized spacial score (nSPS) is 18.6. The minimum atomic E-state index is -0.478. The molecule has 0 aromatic heterocycles. The van der Waals surface area contributed by atoms with Gasteiger partial charge in [0.15, 0.2) is 0 Å². The number of thioether (sulfide) groups is 1. The molecule has 0 spiro atoms. The molecule has 0 unspecified atom stereocenters. The first-order chi connectivity index (χ1) is 14.7. The number of amides is 2. The summed E-state index contributed by atoms with van der Waals surface area (Å²) in [5.41, 5.74) is 2.83. The molecule has 0 saturated carbocycles. The number of nitrogens with zero attached hydrogens (tertiary/aromatic N) is 2. The van der Waals surface area contributed by atoms with Gasteiger partial charge in [-0.2, -0.15) is 11.8 Å². The summed E-state index contributed by atoms with van der Waals surface area (Å²) in [5, 5.41) is 3.09. The van der Waals surface area contributed by atoms with Crippen LogP contribution >= 0.6 is 11.8 Å². The van der Waals surface area contributed by atoms with Crippen LogP contribution in [0.15, 0.2) is 18.2 Å². The van der Waals surface area contributed by atoms with Crippen LogP contribution < -0.4 is 5.32 Å². The molecule has 0 aliphatic carbocycles. The van der Waals surface area contributed by atoms with Crippen molar-refractivity contribution in [2.45, 2.75) is 59.1 Å². The number of ether oxygens (including phenoxy) is 1. The van der Waals surface area contributed by atoms with Crippen LogP contribution in [-0.4, -0.2) is 65.1 Å². The molecule has 172 valence electrons. The van der Waals surface area contributed by atoms with Gasteiger partial charge in [-0.1, -0.05) is 12.1 Å². The van der Waals surface area contributed by atoms with E-state index in [0.29, 0.717) is 25.4 Å². The summed E-state index contributed by atoms with van der Waals surface area (Å²) >= 11 is 2.02. The molecule has 2 heterocycles. The molecule has 1 aromatic rings. The van der Waals surface area contributed by atoms with Crippen LogP contribution in [0.2, 0.25) is 0 Å². The first-order valence-corrected chi connectivity index (χ1v) is 12.5. The number of piperidine rings is 1. The fourth-order valence-corrected chi connectivity index (χ4v) is 5.07. The van der Waals surface area contributed by atoms with Crippen molar-refractivity contribution in [1.29, 1.82) is 0 Å². The van der Waals surface area contributed by atoms with Gasteiger partial charge in [0, 0.05) is 56.3 Å². The third kappa shape index (κ3) is 7.72. The molecule has 0 radical (unpaired) electrons. The number of rotatable bonds is 5. The molecule has 0 atom stereocenters. The molecule has 0 bridgehead atoms. The minimum absolute atomic E-state index is 0.0552. The van der Waals surface area contributed by atoms with E-state index in [1.54, 1.807) is 4.90 Å². The Morgan fingerprint density at radius 3 is 2.42 bits per heavy atom. The van der Waals surface area contributed by atoms with Gasteiger partial charge >= 0.3 is 6.09 Å². The predicted molar refractivity (Wildman–Crippen MR) is 128 cm³/mol. The Balaban J connectivity index is 1.44. The highest BCUT2D eigenvalue weighted by Gasteiger charge is 2.27. The zero-order valence-corrected chi connectivity index (χ0v) is 20.2. The van der Waals surface area contributed by atoms with Crippen molar-refractivity contribution in [3.8, 4) is 0 Å². The van der Waals surface area contributed by atoms with E-state index >= 15 is 0 Å². The van der Waals surface area contributed by atoms with Gasteiger partial charge < -0.3 is 15.0 Å². The Hall–Kier alpha value is -1.73. The third-order valence-corrected chi connectivity index (χ3v) is 6.76. The van der Waals surface area contributed by atoms with Crippen LogP contribution in [0.3, 0.4) is 0 Å². The van der Waals surface area contributed by atoms with Crippen molar-refractivity contribution in [2.24, 2.45) is 5.92 Å². The molecule has 6 nitrogen and oxygen atoms in total. The summed E-state index contributed by atoms with van der Waals surface area (Å²) < 4.78 is 5.45. The Labute approximate surface area is 191 Å². The van der Waals surface area contributed by atoms with Gasteiger partial charge in [-0.15, -0.1) is 0 Å². The topological polar surface area (TPSA) is 61.9 Å². The SMILES string of the molecule is Cc1cc(CN2CCSCC2)ccc1NC(=O)CC1CCN(C(=O)OC(C)(C)C)CC1. The number of hydrogen-bond acceptors (Lipinski definition) is 5. The van der Waals surface area contributed by atoms with Crippen LogP contribution in [0.4, 0.5) is 10.5 Å². The molecular formula is C24H37N3O3S. The van der Waals surface area contributed by atoms with Crippen molar-refractivity contribution < 1.29 is 14.3 Å². The highest BCUT2D eigenvalue weighted by atomic mass is 32.2. The number of hydrogen-bond donors (Lipinski definition) is 1. The molecule has 7 heteroatoms. The van der Waals surface area contributed by atoms with Crippen molar-refractivity contribution in [2.75, 3.05) is 43.0 Å². The van der Waals surface area contributed by atoms with Gasteiger partial charge in [0.05, 0.1) is 0 Å². The van der Waals surface area contributed by atoms with Crippen molar-refractivity contribution in [3.63, 3.8) is 0 Å². The minimum Gasteiger partial charge on any atom is -0.444 e. The molecule has 1 aromatic carbocycles. The second kappa shape index (κ2) is 10.7. The van der Waals surface area contributed by atoms with E-state index in [1.165, 1.54) is 17.1 Å². The highest BCUT2D eigenvalue weighted by Crippen LogP contribution is 2.24. The molecule has 2 amide bonds. The number of anilines is 1. The first-order valence-electron chi connectivity index (χ1n) is 11.4. The summed E-state index contributed by atoms with van der Waals surface area (Å²) in [6, 6.07) is 6.35. The first kappa shape index (κ1) is 23.9. The lowest BCUT2D eigenvalue weighted by Crippen LogP contribution is -2.42. The zero-order chi connectivity index (χ0) is 22.4. The summed E-state index contributed by atoms with van der Waals surface area (Å²) in [4.78, 5) is 29.1. The van der Waals surface area contributed by atoms with Crippen LogP contribution in [0.25, 0.3) is 0 Å². The number of carbonyl (C=O) groups excluding carboxylic acids is 2. The number of benzene rings is 1. The van der Waals surface area contributed by atoms with Crippen molar-refractivity contribution in [1.82, 2.24) is 9.80 Å². The number of aryl methyl sites for hydroxylation is 1. The van der Waals surface area contributed by atoms with Gasteiger partial charge in [0.2, 0.25) is 5.91 Å². The smallest absolute Gasteiger partial charge is 0.410 e. The van der Waals surface area contributed by atoms with E-state index in [-0.39, 0.29) is 12.0 Å². The van der Waals surface area contributed by atoms with Gasteiger partial charge in [-0.05, 0) is 63.6 Å². The lowest BCUT2D eigenvalue weighted by molar-refractivity contribution is -0.117.